The summed E-state index contributed by atoms with van der Waals surface area (Å²) in [6, 6.07) is 20.1. The number of rotatable bonds is 21. The van der Waals surface area contributed by atoms with Crippen LogP contribution in [0.25, 0.3) is 0 Å². The standard InChI is InChI=1S/C22H33ClFNO4.C17H21ClFNO3.C17H25ClFNO2.C12H22N2O3.C6H4ClF.C5H11O.C4H9.CH4O.ClH.Li.Mg.H2S/c1-21(2,3)29-20(26)25-13-8-9-16(15-25)22(27,12-5-6-14-28-4)17-10-7-11-18(23)19(17)24;1-17(2,3)23-16(22)20-9-5-6-11(10-20)15(21)12-7-4-8-13(18)14(12)19;1-22-11-3-2-9-17(21,13-6-5-10-20-12-13)14-7-4-8-15(18)16(14)19;1-12(2,3)17-11(16)14-7-5-6-9(8-14)10(15)13-4;7-5-3-1-2-4-6(5)8;1-3-4-5-6-2;1-3-4-2;1-2;;;;/h7,10-11,16,27H,5-6,8-9,12-15H2,1-4H3;4,7-8,11H,5-6,9-10H2,1-3H3;4,7-8,13,20-21H,2-3,5-6,9-12H2,1H3;9H,5-8H2,1-4H3,(H,13,15);1-4H;1,3-5H2,2H3;1,3-4H2,2H3;2H,1H3;1H;;;1H2/q;;;;;2*-1;;;+1;+2;/p-1/t16-,22+;11-;13-,17+;9-;;;;;;;;/m1111......../s1. The number of methoxy groups -OCH3 is 3. The molecule has 4 aliphatic heterocycles. The Morgan fingerprint density at radius 1 is 0.530 bits per heavy atom. The van der Waals surface area contributed by atoms with E-state index in [-0.39, 0.29) is 147 Å². The summed E-state index contributed by atoms with van der Waals surface area (Å²) in [6.07, 6.45) is 13.3. The van der Waals surface area contributed by atoms with Crippen molar-refractivity contribution in [3.05, 3.63) is 153 Å². The molecule has 4 amide bonds. The second-order valence-corrected chi connectivity index (χ2v) is 32.0. The maximum absolute atomic E-state index is 14.9. The number of aliphatic hydroxyl groups excluding tert-OH is 1. The molecule has 0 bridgehead atoms. The number of unbranched alkanes of at least 4 members (excludes halogenated alkanes) is 4. The largest absolute Gasteiger partial charge is 2.00 e. The maximum Gasteiger partial charge on any atom is 2.00 e. The number of benzene rings is 4. The first kappa shape index (κ1) is 118. The molecular weight excluding hydrogens is 1620 g/mol. The van der Waals surface area contributed by atoms with Crippen molar-refractivity contribution >= 4 is 113 Å². The summed E-state index contributed by atoms with van der Waals surface area (Å²) in [5, 5.41) is 36.1. The molecule has 4 aromatic carbocycles. The number of hydrogen-bond donors (Lipinski definition) is 5. The van der Waals surface area contributed by atoms with Gasteiger partial charge >= 0.3 is 60.2 Å². The van der Waals surface area contributed by atoms with E-state index in [0.717, 1.165) is 84.5 Å². The maximum atomic E-state index is 14.9. The van der Waals surface area contributed by atoms with Gasteiger partial charge < -0.3 is 95.3 Å². The Morgan fingerprint density at radius 2 is 0.904 bits per heavy atom. The zero-order valence-corrected chi connectivity index (χ0v) is 77.2. The van der Waals surface area contributed by atoms with Crippen molar-refractivity contribution in [3.8, 4) is 0 Å². The van der Waals surface area contributed by atoms with Gasteiger partial charge in [0.15, 0.2) is 11.6 Å². The Morgan fingerprint density at radius 3 is 1.28 bits per heavy atom. The Kier molecular flexibility index (Phi) is 64.0. The molecule has 31 heteroatoms. The summed E-state index contributed by atoms with van der Waals surface area (Å²) >= 11 is 23.0. The summed E-state index contributed by atoms with van der Waals surface area (Å²) < 4.78 is 86.6. The summed E-state index contributed by atoms with van der Waals surface area (Å²) in [5.74, 6) is -3.36. The molecule has 4 fully saturated rings. The SMILES string of the molecule is CC(C)(C)OC(=O)N1CCC[C@@H](C(=O)c2cccc(Cl)c2F)C1.CNC(=O)[C@@H]1CCCN(C(=O)OC(C)(C)C)C1.CO.COCCCC[C@@](O)(c1cccc(Cl)c1F)[C@@H]1CCCN(C(=O)OC(C)(C)C)C1.COCCCC[C@@](O)(c1cccc(Cl)c1F)[C@@H]1CCCNC1.Fc1ccccc1Cl.S.[CH2-]CCC.[CH2-]CCCOC.[Cl-].[Li+].[Mg+2]. The van der Waals surface area contributed by atoms with Crippen molar-refractivity contribution in [1.82, 2.24) is 25.3 Å². The van der Waals surface area contributed by atoms with E-state index in [1.54, 1.807) is 101 Å². The first-order valence-electron chi connectivity index (χ1n) is 38.4. The van der Waals surface area contributed by atoms with E-state index in [4.69, 9.17) is 79.9 Å². The molecule has 115 heavy (non-hydrogen) atoms. The van der Waals surface area contributed by atoms with Crippen molar-refractivity contribution in [2.24, 2.45) is 23.7 Å². The fourth-order valence-corrected chi connectivity index (χ4v) is 13.0. The number of likely N-dealkylation sites (tertiary alicyclic amines) is 3. The molecule has 0 radical (unpaired) electrons. The van der Waals surface area contributed by atoms with Gasteiger partial charge in [-0.25, -0.2) is 31.9 Å². The number of carbonyl (C=O) groups excluding carboxylic acids is 5. The zero-order valence-electron chi connectivity index (χ0n) is 71.0. The minimum atomic E-state index is -1.43. The van der Waals surface area contributed by atoms with Crippen molar-refractivity contribution in [2.45, 2.75) is 213 Å². The molecule has 4 aliphatic rings. The van der Waals surface area contributed by atoms with Gasteiger partial charge in [-0.3, -0.25) is 9.59 Å². The molecule has 4 aromatic rings. The number of amides is 4. The first-order chi connectivity index (χ1) is 52.3. The molecular formula is C84H131Cl5F4LiMgN5O14S. The average molecular weight is 1750 g/mol. The van der Waals surface area contributed by atoms with Crippen LogP contribution in [0.3, 0.4) is 0 Å². The molecule has 8 rings (SSSR count). The van der Waals surface area contributed by atoms with Crippen LogP contribution >= 0.6 is 59.9 Å². The predicted octanol–water partition coefficient (Wildman–Crippen LogP) is 13.0. The monoisotopic (exact) mass is 1750 g/mol. The number of halogens is 9. The molecule has 648 valence electrons. The number of nitrogens with one attached hydrogen (secondary N) is 2. The predicted molar refractivity (Wildman–Crippen MR) is 451 cm³/mol. The van der Waals surface area contributed by atoms with Gasteiger partial charge in [-0.05, 0) is 195 Å². The van der Waals surface area contributed by atoms with Crippen LogP contribution in [-0.4, -0.2) is 208 Å². The Balaban J connectivity index is -0.000000659. The normalized spacial score (nSPS) is 17.3. The second-order valence-electron chi connectivity index (χ2n) is 30.3. The van der Waals surface area contributed by atoms with Crippen LogP contribution in [0.5, 0.6) is 0 Å². The summed E-state index contributed by atoms with van der Waals surface area (Å²) in [6.45, 7) is 32.2. The molecule has 0 unspecified atom stereocenters. The van der Waals surface area contributed by atoms with Gasteiger partial charge in [0, 0.05) is 130 Å². The first-order valence-corrected chi connectivity index (χ1v) is 39.9. The van der Waals surface area contributed by atoms with E-state index in [0.29, 0.717) is 103 Å². The van der Waals surface area contributed by atoms with E-state index in [2.05, 4.69) is 31.4 Å². The topological polar surface area (TPSA) is 235 Å². The molecule has 0 aromatic heterocycles. The summed E-state index contributed by atoms with van der Waals surface area (Å²) in [4.78, 5) is 65.4. The van der Waals surface area contributed by atoms with Crippen LogP contribution in [0.4, 0.5) is 31.9 Å². The van der Waals surface area contributed by atoms with Crippen LogP contribution in [0.2, 0.25) is 20.1 Å². The second kappa shape index (κ2) is 62.5. The fourth-order valence-electron chi connectivity index (χ4n) is 12.4. The Bertz CT molecular complexity index is 3330. The Hall–Kier alpha value is -3.57. The summed E-state index contributed by atoms with van der Waals surface area (Å²) in [7, 11) is 7.61. The van der Waals surface area contributed by atoms with Crippen LogP contribution < -0.4 is 41.9 Å². The third-order valence-corrected chi connectivity index (χ3v) is 19.2. The molecule has 0 aliphatic carbocycles. The van der Waals surface area contributed by atoms with Gasteiger partial charge in [-0.2, -0.15) is 26.3 Å². The van der Waals surface area contributed by atoms with Crippen LogP contribution in [0, 0.1) is 60.8 Å². The minimum absolute atomic E-state index is 0. The van der Waals surface area contributed by atoms with Crippen LogP contribution in [0.15, 0.2) is 78.9 Å². The number of ketones is 1. The number of carbonyl (C=O) groups is 5. The number of piperidine rings is 4. The van der Waals surface area contributed by atoms with E-state index >= 15 is 0 Å². The number of aliphatic hydroxyl groups is 3. The van der Waals surface area contributed by atoms with Gasteiger partial charge in [-0.1, -0.05) is 109 Å². The van der Waals surface area contributed by atoms with Gasteiger partial charge in [-0.15, -0.1) is 0 Å². The summed E-state index contributed by atoms with van der Waals surface area (Å²) in [5.41, 5.74) is -3.79. The number of Topliss-reactive ketones (excluding diaryl/α,β-unsaturated/α-hetero) is 1. The minimum Gasteiger partial charge on any atom is -1.00 e. The van der Waals surface area contributed by atoms with Crippen LogP contribution in [0.1, 0.15) is 206 Å². The quantitative estimate of drug-likeness (QED) is 0.0130. The molecule has 0 spiro atoms. The molecule has 19 nitrogen and oxygen atoms in total. The molecule has 0 saturated carbocycles. The molecule has 4 heterocycles. The van der Waals surface area contributed by atoms with Gasteiger partial charge in [0.2, 0.25) is 5.91 Å². The van der Waals surface area contributed by atoms with Crippen LogP contribution in [-0.2, 0) is 44.4 Å². The average Bonchev–Trinajstić information content (AvgIpc) is 0.778. The van der Waals surface area contributed by atoms with Crippen molar-refractivity contribution in [2.75, 3.05) is 108 Å². The van der Waals surface area contributed by atoms with E-state index in [1.807, 2.05) is 41.5 Å². The smallest absolute Gasteiger partial charge is 1.00 e. The van der Waals surface area contributed by atoms with Crippen molar-refractivity contribution in [1.29, 1.82) is 0 Å². The number of ether oxygens (including phenoxy) is 6. The number of hydrogen-bond acceptors (Lipinski definition) is 15. The van der Waals surface area contributed by atoms with E-state index < -0.39 is 63.6 Å². The molecule has 5 N–H and O–H groups in total. The van der Waals surface area contributed by atoms with E-state index in [9.17, 15) is 51.7 Å². The third kappa shape index (κ3) is 44.7. The van der Waals surface area contributed by atoms with Gasteiger partial charge in [0.05, 0.1) is 42.8 Å². The van der Waals surface area contributed by atoms with Gasteiger partial charge in [0.25, 0.3) is 0 Å². The van der Waals surface area contributed by atoms with E-state index in [1.165, 1.54) is 47.7 Å². The Labute approximate surface area is 746 Å². The zero-order chi connectivity index (χ0) is 84.1. The van der Waals surface area contributed by atoms with Crippen molar-refractivity contribution in [3.63, 3.8) is 0 Å². The third-order valence-electron chi connectivity index (χ3n) is 18.0. The fraction of sp³-hybridized carbons (Fsp3) is 0.631. The van der Waals surface area contributed by atoms with Gasteiger partial charge in [0.1, 0.15) is 34.3 Å². The molecule has 4 saturated heterocycles. The van der Waals surface area contributed by atoms with Crippen molar-refractivity contribution < 1.29 is 117 Å². The molecule has 6 atom stereocenters. The number of nitrogens with zero attached hydrogens (tertiary/aromatic N) is 3.